The highest BCUT2D eigenvalue weighted by Crippen LogP contribution is 2.18. The molecule has 1 atom stereocenters. The van der Waals surface area contributed by atoms with Gasteiger partial charge in [-0.3, -0.25) is 14.4 Å². The molecule has 0 aromatic carbocycles. The summed E-state index contributed by atoms with van der Waals surface area (Å²) in [5, 5.41) is 0. The molecule has 0 saturated heterocycles. The molecular weight excluding hydrogens is 913 g/mol. The Balaban J connectivity index is 4.12. The van der Waals surface area contributed by atoms with Gasteiger partial charge < -0.3 is 14.2 Å². The highest BCUT2D eigenvalue weighted by molar-refractivity contribution is 5.71. The molecule has 0 aliphatic heterocycles. The van der Waals surface area contributed by atoms with Crippen LogP contribution < -0.4 is 0 Å². The number of unbranched alkanes of at least 4 members (excludes halogenated alkanes) is 47. The maximum absolute atomic E-state index is 12.9. The van der Waals surface area contributed by atoms with E-state index in [9.17, 15) is 14.4 Å². The van der Waals surface area contributed by atoms with Crippen LogP contribution >= 0.6 is 0 Å². The molecule has 0 N–H and O–H groups in total. The summed E-state index contributed by atoms with van der Waals surface area (Å²) in [6.07, 6.45) is 76.4. The molecule has 436 valence electrons. The Morgan fingerprint density at radius 3 is 0.703 bits per heavy atom. The second-order valence-electron chi connectivity index (χ2n) is 22.7. The fraction of sp³-hybridized carbons (Fsp3) is 0.897. The lowest BCUT2D eigenvalue weighted by atomic mass is 10.0. The first kappa shape index (κ1) is 71.9. The van der Waals surface area contributed by atoms with Crippen molar-refractivity contribution >= 4 is 17.9 Å². The molecule has 6 nitrogen and oxygen atoms in total. The summed E-state index contributed by atoms with van der Waals surface area (Å²) in [6, 6.07) is 0. The van der Waals surface area contributed by atoms with Crippen LogP contribution in [0.5, 0.6) is 0 Å². The van der Waals surface area contributed by atoms with Gasteiger partial charge >= 0.3 is 17.9 Å². The zero-order valence-corrected chi connectivity index (χ0v) is 50.1. The van der Waals surface area contributed by atoms with Crippen LogP contribution in [0, 0.1) is 0 Å². The van der Waals surface area contributed by atoms with Crippen molar-refractivity contribution in [3.8, 4) is 0 Å². The number of carbonyl (C=O) groups excluding carboxylic acids is 3. The summed E-state index contributed by atoms with van der Waals surface area (Å²) >= 11 is 0. The molecule has 0 bridgehead atoms. The van der Waals surface area contributed by atoms with Crippen molar-refractivity contribution in [2.75, 3.05) is 13.2 Å². The fourth-order valence-corrected chi connectivity index (χ4v) is 10.1. The van der Waals surface area contributed by atoms with Crippen LogP contribution in [-0.4, -0.2) is 37.2 Å². The van der Waals surface area contributed by atoms with Crippen LogP contribution in [0.2, 0.25) is 0 Å². The van der Waals surface area contributed by atoms with Gasteiger partial charge in [0.2, 0.25) is 0 Å². The van der Waals surface area contributed by atoms with Crippen LogP contribution in [-0.2, 0) is 28.6 Å². The molecular formula is C68H128O6. The molecule has 0 aromatic rings. The molecule has 6 heteroatoms. The van der Waals surface area contributed by atoms with E-state index in [2.05, 4.69) is 45.1 Å². The summed E-state index contributed by atoms with van der Waals surface area (Å²) in [7, 11) is 0. The van der Waals surface area contributed by atoms with E-state index in [1.54, 1.807) is 0 Å². The smallest absolute Gasteiger partial charge is 0.306 e. The van der Waals surface area contributed by atoms with Crippen LogP contribution in [0.3, 0.4) is 0 Å². The molecule has 0 saturated carbocycles. The summed E-state index contributed by atoms with van der Waals surface area (Å²) in [5.41, 5.74) is 0. The molecule has 0 fully saturated rings. The molecule has 0 spiro atoms. The summed E-state index contributed by atoms with van der Waals surface area (Å²) in [6.45, 7) is 6.67. The van der Waals surface area contributed by atoms with E-state index in [1.165, 1.54) is 270 Å². The quantitative estimate of drug-likeness (QED) is 0.0261. The van der Waals surface area contributed by atoms with Crippen LogP contribution in [0.25, 0.3) is 0 Å². The van der Waals surface area contributed by atoms with Crippen molar-refractivity contribution in [3.05, 3.63) is 24.3 Å². The number of esters is 3. The topological polar surface area (TPSA) is 78.9 Å². The number of ether oxygens (including phenoxy) is 3. The van der Waals surface area contributed by atoms with Crippen molar-refractivity contribution in [2.45, 2.75) is 380 Å². The zero-order chi connectivity index (χ0) is 53.6. The van der Waals surface area contributed by atoms with Gasteiger partial charge in [0.15, 0.2) is 6.10 Å². The highest BCUT2D eigenvalue weighted by Gasteiger charge is 2.19. The Kier molecular flexibility index (Phi) is 61.6. The standard InChI is InChI=1S/C68H128O6/c1-4-7-10-13-16-19-22-25-27-28-29-30-31-32-33-34-35-36-37-38-39-40-42-43-46-49-52-55-58-61-67(70)73-64-65(63-72-66(69)60-57-54-51-48-45-24-21-18-15-12-9-6-3)74-68(71)62-59-56-53-50-47-44-41-26-23-20-17-14-11-8-5-2/h18,21,28-29,65H,4-17,19-20,22-27,30-64H2,1-3H3/b21-18-,29-28-. The number of hydrogen-bond donors (Lipinski definition) is 0. The number of allylic oxidation sites excluding steroid dienone is 4. The summed E-state index contributed by atoms with van der Waals surface area (Å²) < 4.78 is 16.9. The largest absolute Gasteiger partial charge is 0.462 e. The summed E-state index contributed by atoms with van der Waals surface area (Å²) in [4.78, 5) is 38.2. The molecule has 0 radical (unpaired) electrons. The zero-order valence-electron chi connectivity index (χ0n) is 50.1. The van der Waals surface area contributed by atoms with Crippen molar-refractivity contribution in [2.24, 2.45) is 0 Å². The van der Waals surface area contributed by atoms with Gasteiger partial charge in [-0.15, -0.1) is 0 Å². The minimum atomic E-state index is -0.770. The van der Waals surface area contributed by atoms with E-state index >= 15 is 0 Å². The average molecular weight is 1040 g/mol. The van der Waals surface area contributed by atoms with Crippen molar-refractivity contribution in [3.63, 3.8) is 0 Å². The third-order valence-electron chi connectivity index (χ3n) is 15.2. The number of hydrogen-bond acceptors (Lipinski definition) is 6. The molecule has 0 amide bonds. The van der Waals surface area contributed by atoms with Gasteiger partial charge in [0.25, 0.3) is 0 Å². The monoisotopic (exact) mass is 1040 g/mol. The van der Waals surface area contributed by atoms with Crippen molar-refractivity contribution in [1.82, 2.24) is 0 Å². The lowest BCUT2D eigenvalue weighted by molar-refractivity contribution is -0.167. The highest BCUT2D eigenvalue weighted by atomic mass is 16.6. The van der Waals surface area contributed by atoms with Gasteiger partial charge in [0.05, 0.1) is 0 Å². The van der Waals surface area contributed by atoms with Gasteiger partial charge in [-0.1, -0.05) is 308 Å². The number of carbonyl (C=O) groups is 3. The summed E-state index contributed by atoms with van der Waals surface area (Å²) in [5.74, 6) is -0.851. The lowest BCUT2D eigenvalue weighted by Crippen LogP contribution is -2.30. The lowest BCUT2D eigenvalue weighted by Gasteiger charge is -2.18. The third kappa shape index (κ3) is 60.8. The average Bonchev–Trinajstić information content (AvgIpc) is 3.40. The molecule has 0 aliphatic carbocycles. The Morgan fingerprint density at radius 2 is 0.446 bits per heavy atom. The maximum Gasteiger partial charge on any atom is 0.306 e. The van der Waals surface area contributed by atoms with E-state index in [1.807, 2.05) is 0 Å². The molecule has 0 rings (SSSR count). The van der Waals surface area contributed by atoms with E-state index in [0.29, 0.717) is 19.3 Å². The van der Waals surface area contributed by atoms with E-state index in [0.717, 1.165) is 64.2 Å². The Labute approximate surface area is 462 Å². The second kappa shape index (κ2) is 63.4. The molecule has 0 heterocycles. The van der Waals surface area contributed by atoms with E-state index in [4.69, 9.17) is 14.2 Å². The van der Waals surface area contributed by atoms with E-state index in [-0.39, 0.29) is 31.1 Å². The Morgan fingerprint density at radius 1 is 0.257 bits per heavy atom. The van der Waals surface area contributed by atoms with Crippen LogP contribution in [0.15, 0.2) is 24.3 Å². The van der Waals surface area contributed by atoms with Gasteiger partial charge in [-0.05, 0) is 70.6 Å². The molecule has 1 unspecified atom stereocenters. The van der Waals surface area contributed by atoms with Gasteiger partial charge in [0.1, 0.15) is 13.2 Å². The first-order valence-electron chi connectivity index (χ1n) is 33.3. The SMILES string of the molecule is CCCCC/C=C\CCCCCCCC(=O)OCC(COC(=O)CCCCCCCCCCCCCCCCCCC/C=C\CCCCCCCCCC)OC(=O)CCCCCCCCCCCCCCCCC. The van der Waals surface area contributed by atoms with Gasteiger partial charge in [0, 0.05) is 19.3 Å². The van der Waals surface area contributed by atoms with Gasteiger partial charge in [-0.25, -0.2) is 0 Å². The molecule has 74 heavy (non-hydrogen) atoms. The second-order valence-corrected chi connectivity index (χ2v) is 22.7. The minimum absolute atomic E-state index is 0.0680. The minimum Gasteiger partial charge on any atom is -0.462 e. The van der Waals surface area contributed by atoms with Gasteiger partial charge in [-0.2, -0.15) is 0 Å². The predicted molar refractivity (Wildman–Crippen MR) is 321 cm³/mol. The predicted octanol–water partition coefficient (Wildman–Crippen LogP) is 22.6. The number of rotatable bonds is 62. The first-order valence-corrected chi connectivity index (χ1v) is 33.3. The van der Waals surface area contributed by atoms with E-state index < -0.39 is 6.10 Å². The normalized spacial score (nSPS) is 12.1. The first-order chi connectivity index (χ1) is 36.5. The maximum atomic E-state index is 12.9. The Bertz CT molecular complexity index is 1190. The van der Waals surface area contributed by atoms with Crippen LogP contribution in [0.4, 0.5) is 0 Å². The van der Waals surface area contributed by atoms with Crippen LogP contribution in [0.1, 0.15) is 374 Å². The fourth-order valence-electron chi connectivity index (χ4n) is 10.1. The third-order valence-corrected chi connectivity index (χ3v) is 15.2. The van der Waals surface area contributed by atoms with Crippen molar-refractivity contribution in [1.29, 1.82) is 0 Å². The molecule has 0 aliphatic rings. The van der Waals surface area contributed by atoms with Crippen molar-refractivity contribution < 1.29 is 28.6 Å². The molecule has 0 aromatic heterocycles. The Hall–Kier alpha value is -2.11.